The van der Waals surface area contributed by atoms with Gasteiger partial charge in [0.05, 0.1) is 6.54 Å². The van der Waals surface area contributed by atoms with Crippen molar-refractivity contribution in [2.75, 3.05) is 44.2 Å². The van der Waals surface area contributed by atoms with Crippen molar-refractivity contribution in [3.05, 3.63) is 29.8 Å². The van der Waals surface area contributed by atoms with E-state index in [0.717, 1.165) is 31.9 Å². The number of amides is 2. The Morgan fingerprint density at radius 3 is 2.33 bits per heavy atom. The summed E-state index contributed by atoms with van der Waals surface area (Å²) in [6, 6.07) is 6.43. The number of ether oxygens (including phenoxy) is 1. The van der Waals surface area contributed by atoms with Gasteiger partial charge in [-0.2, -0.15) is 0 Å². The van der Waals surface area contributed by atoms with Gasteiger partial charge in [0.15, 0.2) is 5.78 Å². The maximum atomic E-state index is 13.5. The Morgan fingerprint density at radius 2 is 1.75 bits per heavy atom. The predicted octanol–water partition coefficient (Wildman–Crippen LogP) is 1.29. The first-order valence-electron chi connectivity index (χ1n) is 13.0. The van der Waals surface area contributed by atoms with E-state index in [2.05, 4.69) is 29.0 Å². The summed E-state index contributed by atoms with van der Waals surface area (Å²) in [6.07, 6.45) is -1.21. The first-order chi connectivity index (χ1) is 16.9. The summed E-state index contributed by atoms with van der Waals surface area (Å²) in [4.78, 5) is 45.2. The third-order valence-corrected chi connectivity index (χ3v) is 7.40. The fourth-order valence-corrected chi connectivity index (χ4v) is 5.43. The van der Waals surface area contributed by atoms with Crippen LogP contribution in [0.3, 0.4) is 0 Å². The van der Waals surface area contributed by atoms with Crippen molar-refractivity contribution in [3.63, 3.8) is 0 Å². The maximum absolute atomic E-state index is 13.5. The first-order valence-corrected chi connectivity index (χ1v) is 13.0. The van der Waals surface area contributed by atoms with E-state index < -0.39 is 24.3 Å². The van der Waals surface area contributed by atoms with Crippen LogP contribution in [0.15, 0.2) is 24.3 Å². The molecular formula is C27H40N4O5. The molecule has 3 fully saturated rings. The number of hydrogen-bond acceptors (Lipinski definition) is 7. The van der Waals surface area contributed by atoms with Crippen LogP contribution >= 0.6 is 0 Å². The zero-order valence-corrected chi connectivity index (χ0v) is 22.1. The number of hydrogen-bond donors (Lipinski definition) is 2. The molecule has 9 nitrogen and oxygen atoms in total. The summed E-state index contributed by atoms with van der Waals surface area (Å²) < 4.78 is 5.40. The second-order valence-electron chi connectivity index (χ2n) is 11.7. The van der Waals surface area contributed by atoms with Crippen LogP contribution in [0.1, 0.15) is 51.4 Å². The second-order valence-corrected chi connectivity index (χ2v) is 11.7. The van der Waals surface area contributed by atoms with Gasteiger partial charge in [0.2, 0.25) is 5.91 Å². The number of piperazine rings is 1. The molecule has 9 heteroatoms. The highest BCUT2D eigenvalue weighted by Gasteiger charge is 2.53. The van der Waals surface area contributed by atoms with Gasteiger partial charge < -0.3 is 25.0 Å². The lowest BCUT2D eigenvalue weighted by Gasteiger charge is -2.38. The number of aliphatic hydroxyl groups is 1. The molecule has 2 amide bonds. The number of rotatable bonds is 6. The largest absolute Gasteiger partial charge is 0.388 e. The van der Waals surface area contributed by atoms with E-state index in [-0.39, 0.29) is 36.2 Å². The second kappa shape index (κ2) is 10.5. The molecule has 3 heterocycles. The molecule has 3 aliphatic heterocycles. The van der Waals surface area contributed by atoms with Crippen LogP contribution in [0.2, 0.25) is 0 Å². The fourth-order valence-electron chi connectivity index (χ4n) is 5.43. The fraction of sp³-hybridized carbons (Fsp3) is 0.667. The Hall–Kier alpha value is -2.49. The van der Waals surface area contributed by atoms with Gasteiger partial charge in [-0.05, 0) is 49.9 Å². The number of anilines is 1. The van der Waals surface area contributed by atoms with Crippen molar-refractivity contribution in [1.82, 2.24) is 15.1 Å². The van der Waals surface area contributed by atoms with Crippen LogP contribution in [-0.4, -0.2) is 102 Å². The Balaban J connectivity index is 1.44. The number of fused-ring (bicyclic) bond motifs is 1. The van der Waals surface area contributed by atoms with E-state index in [0.29, 0.717) is 18.0 Å². The van der Waals surface area contributed by atoms with Gasteiger partial charge in [-0.3, -0.25) is 19.3 Å². The van der Waals surface area contributed by atoms with Crippen molar-refractivity contribution in [2.24, 2.45) is 5.41 Å². The van der Waals surface area contributed by atoms with Crippen molar-refractivity contribution in [3.8, 4) is 0 Å². The normalized spacial score (nSPS) is 25.9. The molecule has 1 unspecified atom stereocenters. The predicted molar refractivity (Wildman–Crippen MR) is 137 cm³/mol. The van der Waals surface area contributed by atoms with Crippen molar-refractivity contribution in [2.45, 2.75) is 71.4 Å². The van der Waals surface area contributed by atoms with Crippen LogP contribution in [0.25, 0.3) is 0 Å². The van der Waals surface area contributed by atoms with Crippen LogP contribution in [0.4, 0.5) is 5.69 Å². The molecule has 1 aromatic carbocycles. The van der Waals surface area contributed by atoms with Gasteiger partial charge in [-0.15, -0.1) is 0 Å². The molecule has 4 atom stereocenters. The van der Waals surface area contributed by atoms with Gasteiger partial charge in [0.1, 0.15) is 30.9 Å². The molecule has 0 aliphatic carbocycles. The molecule has 0 aromatic heterocycles. The number of carbonyl (C=O) groups is 3. The number of likely N-dealkylation sites (tertiary alicyclic amines) is 1. The van der Waals surface area contributed by atoms with E-state index in [1.807, 2.05) is 32.9 Å². The minimum absolute atomic E-state index is 0.0230. The molecule has 2 N–H and O–H groups in total. The van der Waals surface area contributed by atoms with Gasteiger partial charge >= 0.3 is 0 Å². The lowest BCUT2D eigenvalue weighted by atomic mass is 9.87. The van der Waals surface area contributed by atoms with E-state index in [9.17, 15) is 19.5 Å². The van der Waals surface area contributed by atoms with Crippen LogP contribution in [0.5, 0.6) is 0 Å². The molecular weight excluding hydrogens is 460 g/mol. The topological polar surface area (TPSA) is 102 Å². The molecule has 198 valence electrons. The average Bonchev–Trinajstić information content (AvgIpc) is 3.37. The van der Waals surface area contributed by atoms with Crippen LogP contribution in [-0.2, 0) is 14.3 Å². The van der Waals surface area contributed by atoms with Crippen molar-refractivity contribution < 1.29 is 24.2 Å². The number of Topliss-reactive ketones (excluding diaryl/α,β-unsaturated/α-hetero) is 1. The van der Waals surface area contributed by atoms with E-state index >= 15 is 0 Å². The van der Waals surface area contributed by atoms with Crippen molar-refractivity contribution >= 4 is 23.3 Å². The van der Waals surface area contributed by atoms with Gasteiger partial charge in [-0.1, -0.05) is 20.8 Å². The standard InChI is InChI=1S/C27H40N4O5/c1-17(2)29-10-12-30(13-11-29)19-8-6-18(7-9-19)25(34)28-20(14-27(3,4)5)26(35)31-15-21(32)24-23(31)22(33)16-36-24/h6-9,17,20-21,23-24,32H,10-16H2,1-5H3,(H,28,34)/t20?,21-,23-,24-/m1/s1. The third kappa shape index (κ3) is 5.74. The highest BCUT2D eigenvalue weighted by molar-refractivity contribution is 5.99. The number of nitrogens with one attached hydrogen (secondary N) is 1. The quantitative estimate of drug-likeness (QED) is 0.607. The Labute approximate surface area is 213 Å². The van der Waals surface area contributed by atoms with E-state index in [1.54, 1.807) is 12.1 Å². The summed E-state index contributed by atoms with van der Waals surface area (Å²) in [5.74, 6) is -0.905. The van der Waals surface area contributed by atoms with Crippen LogP contribution in [0, 0.1) is 5.41 Å². The lowest BCUT2D eigenvalue weighted by Crippen LogP contribution is -2.53. The maximum Gasteiger partial charge on any atom is 0.251 e. The molecule has 0 saturated carbocycles. The highest BCUT2D eigenvalue weighted by Crippen LogP contribution is 2.30. The zero-order chi connectivity index (χ0) is 26.2. The SMILES string of the molecule is CC(C)N1CCN(c2ccc(C(=O)NC(CC(C)(C)C)C(=O)N3C[C@@H](O)[C@H]4OCC(=O)[C@H]43)cc2)CC1. The number of nitrogens with zero attached hydrogens (tertiary/aromatic N) is 3. The first kappa shape index (κ1) is 26.6. The smallest absolute Gasteiger partial charge is 0.251 e. The monoisotopic (exact) mass is 500 g/mol. The average molecular weight is 501 g/mol. The molecule has 4 rings (SSSR count). The molecule has 1 aromatic rings. The number of benzene rings is 1. The lowest BCUT2D eigenvalue weighted by molar-refractivity contribution is -0.138. The zero-order valence-electron chi connectivity index (χ0n) is 22.1. The summed E-state index contributed by atoms with van der Waals surface area (Å²) in [6.45, 7) is 14.2. The summed E-state index contributed by atoms with van der Waals surface area (Å²) in [7, 11) is 0. The number of ketones is 1. The molecule has 36 heavy (non-hydrogen) atoms. The molecule has 3 saturated heterocycles. The summed E-state index contributed by atoms with van der Waals surface area (Å²) in [5.41, 5.74) is 1.31. The molecule has 0 spiro atoms. The van der Waals surface area contributed by atoms with Crippen molar-refractivity contribution in [1.29, 1.82) is 0 Å². The Bertz CT molecular complexity index is 965. The minimum Gasteiger partial charge on any atom is -0.388 e. The van der Waals surface area contributed by atoms with E-state index in [4.69, 9.17) is 4.74 Å². The van der Waals surface area contributed by atoms with Gasteiger partial charge in [0, 0.05) is 43.5 Å². The van der Waals surface area contributed by atoms with Crippen LogP contribution < -0.4 is 10.2 Å². The summed E-state index contributed by atoms with van der Waals surface area (Å²) >= 11 is 0. The highest BCUT2D eigenvalue weighted by atomic mass is 16.5. The molecule has 0 radical (unpaired) electrons. The summed E-state index contributed by atoms with van der Waals surface area (Å²) in [5, 5.41) is 13.2. The van der Waals surface area contributed by atoms with Gasteiger partial charge in [-0.25, -0.2) is 0 Å². The third-order valence-electron chi connectivity index (χ3n) is 7.40. The number of carbonyl (C=O) groups excluding carboxylic acids is 3. The number of aliphatic hydroxyl groups excluding tert-OH is 1. The van der Waals surface area contributed by atoms with E-state index in [1.165, 1.54) is 4.90 Å². The number of β-amino-alcohol motifs (C(OH)–C–C–N with tert-alkyl or cyclic N) is 1. The molecule has 0 bridgehead atoms. The molecule has 3 aliphatic rings. The minimum atomic E-state index is -0.911. The van der Waals surface area contributed by atoms with Gasteiger partial charge in [0.25, 0.3) is 5.91 Å². The Morgan fingerprint density at radius 1 is 1.11 bits per heavy atom. The Kier molecular flexibility index (Phi) is 7.73.